The molecule has 0 radical (unpaired) electrons. The molecule has 0 saturated carbocycles. The zero-order valence-electron chi connectivity index (χ0n) is 12.9. The van der Waals surface area contributed by atoms with Gasteiger partial charge < -0.3 is 15.0 Å². The minimum Gasteiger partial charge on any atom is -0.438 e. The lowest BCUT2D eigenvalue weighted by Gasteiger charge is -2.09. The van der Waals surface area contributed by atoms with Crippen molar-refractivity contribution in [3.8, 4) is 11.6 Å². The van der Waals surface area contributed by atoms with E-state index in [0.29, 0.717) is 17.2 Å². The Hall–Kier alpha value is -3.41. The quantitative estimate of drug-likeness (QED) is 0.607. The van der Waals surface area contributed by atoms with Gasteiger partial charge in [-0.1, -0.05) is 12.1 Å². The van der Waals surface area contributed by atoms with E-state index < -0.39 is 0 Å². The number of carbonyl (C=O) groups is 1. The van der Waals surface area contributed by atoms with Crippen molar-refractivity contribution < 1.29 is 9.53 Å². The van der Waals surface area contributed by atoms with Crippen LogP contribution in [0.4, 0.5) is 0 Å². The second-order valence-electron chi connectivity index (χ2n) is 5.29. The van der Waals surface area contributed by atoms with Gasteiger partial charge in [0.25, 0.3) is 5.91 Å². The van der Waals surface area contributed by atoms with E-state index in [0.717, 1.165) is 21.8 Å². The van der Waals surface area contributed by atoms with E-state index in [1.165, 1.54) is 6.33 Å². The van der Waals surface area contributed by atoms with Gasteiger partial charge in [-0.15, -0.1) is 0 Å². The largest absolute Gasteiger partial charge is 0.438 e. The molecule has 0 atom stereocenters. The molecule has 0 fully saturated rings. The zero-order chi connectivity index (χ0) is 16.5. The van der Waals surface area contributed by atoms with Crippen LogP contribution in [0.3, 0.4) is 0 Å². The van der Waals surface area contributed by atoms with E-state index in [2.05, 4.69) is 20.3 Å². The van der Waals surface area contributed by atoms with Crippen molar-refractivity contribution in [2.24, 2.45) is 0 Å². The third kappa shape index (κ3) is 2.34. The number of nitrogens with one attached hydrogen (secondary N) is 2. The molecule has 0 aliphatic heterocycles. The van der Waals surface area contributed by atoms with Crippen molar-refractivity contribution in [3.63, 3.8) is 0 Å². The molecule has 4 rings (SSSR count). The van der Waals surface area contributed by atoms with Gasteiger partial charge in [0, 0.05) is 18.8 Å². The molecule has 0 aliphatic rings. The Morgan fingerprint density at radius 1 is 1.12 bits per heavy atom. The molecule has 118 valence electrons. The first kappa shape index (κ1) is 14.2. The summed E-state index contributed by atoms with van der Waals surface area (Å²) in [4.78, 5) is 23.3. The van der Waals surface area contributed by atoms with Crippen LogP contribution in [0.2, 0.25) is 0 Å². The van der Waals surface area contributed by atoms with Gasteiger partial charge in [-0.2, -0.15) is 0 Å². The van der Waals surface area contributed by atoms with Crippen LogP contribution in [-0.2, 0) is 0 Å². The van der Waals surface area contributed by atoms with E-state index in [-0.39, 0.29) is 5.91 Å². The van der Waals surface area contributed by atoms with Gasteiger partial charge in [-0.05, 0) is 41.1 Å². The summed E-state index contributed by atoms with van der Waals surface area (Å²) >= 11 is 0. The number of hydrogen-bond donors (Lipinski definition) is 2. The van der Waals surface area contributed by atoms with Crippen LogP contribution in [0.25, 0.3) is 21.8 Å². The SMILES string of the molecule is CNC(=O)c1cccc2cc(Oc3ncnc4[nH]ccc34)ccc12. The Labute approximate surface area is 137 Å². The molecule has 2 aromatic carbocycles. The first-order valence-corrected chi connectivity index (χ1v) is 7.47. The minimum absolute atomic E-state index is 0.112. The molecule has 0 bridgehead atoms. The molecule has 6 heteroatoms. The Bertz CT molecular complexity index is 1060. The molecular weight excluding hydrogens is 304 g/mol. The summed E-state index contributed by atoms with van der Waals surface area (Å²) in [6.07, 6.45) is 3.25. The Kier molecular flexibility index (Phi) is 3.35. The predicted octanol–water partition coefficient (Wildman–Crippen LogP) is 3.26. The van der Waals surface area contributed by atoms with Gasteiger partial charge in [0.15, 0.2) is 0 Å². The van der Waals surface area contributed by atoms with E-state index in [1.807, 2.05) is 36.4 Å². The molecule has 2 aromatic heterocycles. The number of ether oxygens (including phenoxy) is 1. The summed E-state index contributed by atoms with van der Waals surface area (Å²) in [5.74, 6) is 1.03. The Morgan fingerprint density at radius 3 is 2.92 bits per heavy atom. The standard InChI is InChI=1S/C18H14N4O2/c1-19-17(23)14-4-2-3-11-9-12(5-6-13(11)14)24-18-15-7-8-20-16(15)21-10-22-18/h2-10H,1H3,(H,19,23)(H,20,21,22). The monoisotopic (exact) mass is 318 g/mol. The molecule has 0 saturated heterocycles. The van der Waals surface area contributed by atoms with Crippen LogP contribution in [0.5, 0.6) is 11.6 Å². The van der Waals surface area contributed by atoms with Gasteiger partial charge in [0.1, 0.15) is 17.7 Å². The summed E-state index contributed by atoms with van der Waals surface area (Å²) in [5.41, 5.74) is 1.36. The van der Waals surface area contributed by atoms with Gasteiger partial charge in [0.2, 0.25) is 5.88 Å². The van der Waals surface area contributed by atoms with E-state index in [4.69, 9.17) is 4.74 Å². The number of aromatic amines is 1. The number of benzene rings is 2. The second-order valence-corrected chi connectivity index (χ2v) is 5.29. The lowest BCUT2D eigenvalue weighted by molar-refractivity contribution is 0.0964. The average Bonchev–Trinajstić information content (AvgIpc) is 3.10. The summed E-state index contributed by atoms with van der Waals surface area (Å²) in [6.45, 7) is 0. The van der Waals surface area contributed by atoms with E-state index >= 15 is 0 Å². The summed E-state index contributed by atoms with van der Waals surface area (Å²) in [5, 5.41) is 5.27. The Morgan fingerprint density at radius 2 is 2.04 bits per heavy atom. The third-order valence-electron chi connectivity index (χ3n) is 3.86. The summed E-state index contributed by atoms with van der Waals surface area (Å²) in [6, 6.07) is 13.1. The van der Waals surface area contributed by atoms with Crippen LogP contribution >= 0.6 is 0 Å². The number of fused-ring (bicyclic) bond motifs is 2. The smallest absolute Gasteiger partial charge is 0.251 e. The first-order chi connectivity index (χ1) is 11.8. The highest BCUT2D eigenvalue weighted by atomic mass is 16.5. The maximum absolute atomic E-state index is 12.0. The van der Waals surface area contributed by atoms with Crippen molar-refractivity contribution in [3.05, 3.63) is 60.6 Å². The van der Waals surface area contributed by atoms with Gasteiger partial charge in [0.05, 0.1) is 5.39 Å². The number of hydrogen-bond acceptors (Lipinski definition) is 4. The van der Waals surface area contributed by atoms with Crippen molar-refractivity contribution in [2.45, 2.75) is 0 Å². The van der Waals surface area contributed by atoms with Crippen LogP contribution in [-0.4, -0.2) is 27.9 Å². The minimum atomic E-state index is -0.112. The number of nitrogens with zero attached hydrogens (tertiary/aromatic N) is 2. The molecule has 1 amide bonds. The fourth-order valence-corrected chi connectivity index (χ4v) is 2.70. The third-order valence-corrected chi connectivity index (χ3v) is 3.86. The highest BCUT2D eigenvalue weighted by Gasteiger charge is 2.10. The molecular formula is C18H14N4O2. The number of H-pyrrole nitrogens is 1. The van der Waals surface area contributed by atoms with E-state index in [1.54, 1.807) is 19.3 Å². The first-order valence-electron chi connectivity index (χ1n) is 7.47. The number of rotatable bonds is 3. The average molecular weight is 318 g/mol. The van der Waals surface area contributed by atoms with Gasteiger partial charge >= 0.3 is 0 Å². The van der Waals surface area contributed by atoms with Crippen LogP contribution in [0, 0.1) is 0 Å². The van der Waals surface area contributed by atoms with Crippen LogP contribution in [0.15, 0.2) is 55.0 Å². The highest BCUT2D eigenvalue weighted by molar-refractivity contribution is 6.07. The van der Waals surface area contributed by atoms with Crippen LogP contribution in [0.1, 0.15) is 10.4 Å². The fourth-order valence-electron chi connectivity index (χ4n) is 2.70. The molecule has 24 heavy (non-hydrogen) atoms. The Balaban J connectivity index is 1.76. The summed E-state index contributed by atoms with van der Waals surface area (Å²) in [7, 11) is 1.62. The molecule has 2 heterocycles. The van der Waals surface area contributed by atoms with Gasteiger partial charge in [-0.25, -0.2) is 9.97 Å². The normalized spacial score (nSPS) is 10.9. The highest BCUT2D eigenvalue weighted by Crippen LogP contribution is 2.29. The van der Waals surface area contributed by atoms with Gasteiger partial charge in [-0.3, -0.25) is 4.79 Å². The number of carbonyl (C=O) groups excluding carboxylic acids is 1. The molecule has 6 nitrogen and oxygen atoms in total. The molecule has 0 unspecified atom stereocenters. The summed E-state index contributed by atoms with van der Waals surface area (Å²) < 4.78 is 5.91. The predicted molar refractivity (Wildman–Crippen MR) is 91.3 cm³/mol. The lowest BCUT2D eigenvalue weighted by atomic mass is 10.0. The van der Waals surface area contributed by atoms with Crippen molar-refractivity contribution >= 4 is 27.7 Å². The number of amides is 1. The molecule has 2 N–H and O–H groups in total. The zero-order valence-corrected chi connectivity index (χ0v) is 12.9. The second kappa shape index (κ2) is 5.66. The topological polar surface area (TPSA) is 79.9 Å². The molecule has 0 aliphatic carbocycles. The lowest BCUT2D eigenvalue weighted by Crippen LogP contribution is -2.17. The molecule has 0 spiro atoms. The van der Waals surface area contributed by atoms with Crippen molar-refractivity contribution in [1.29, 1.82) is 0 Å². The number of aromatic nitrogens is 3. The van der Waals surface area contributed by atoms with E-state index in [9.17, 15) is 4.79 Å². The maximum atomic E-state index is 12.0. The maximum Gasteiger partial charge on any atom is 0.251 e. The fraction of sp³-hybridized carbons (Fsp3) is 0.0556. The van der Waals surface area contributed by atoms with Crippen molar-refractivity contribution in [1.82, 2.24) is 20.3 Å². The molecule has 4 aromatic rings. The van der Waals surface area contributed by atoms with Crippen LogP contribution < -0.4 is 10.1 Å². The van der Waals surface area contributed by atoms with Crippen molar-refractivity contribution in [2.75, 3.05) is 7.05 Å².